The number of nitro groups is 1. The molecule has 2 aromatic rings. The van der Waals surface area contributed by atoms with Crippen LogP contribution in [0.3, 0.4) is 0 Å². The number of amides is 3. The van der Waals surface area contributed by atoms with E-state index in [1.807, 2.05) is 18.2 Å². The van der Waals surface area contributed by atoms with Gasteiger partial charge in [-0.3, -0.25) is 24.5 Å². The van der Waals surface area contributed by atoms with Gasteiger partial charge in [-0.15, -0.1) is 0 Å². The second-order valence-corrected chi connectivity index (χ2v) is 7.27. The van der Waals surface area contributed by atoms with Crippen molar-refractivity contribution in [1.82, 2.24) is 10.0 Å². The van der Waals surface area contributed by atoms with E-state index in [1.165, 1.54) is 24.3 Å². The third kappa shape index (κ3) is 3.36. The molecule has 0 N–H and O–H groups in total. The predicted octanol–water partition coefficient (Wildman–Crippen LogP) is 3.10. The van der Waals surface area contributed by atoms with Crippen molar-refractivity contribution in [1.29, 1.82) is 0 Å². The molecule has 1 fully saturated rings. The summed E-state index contributed by atoms with van der Waals surface area (Å²) in [4.78, 5) is 50.4. The van der Waals surface area contributed by atoms with Crippen LogP contribution in [0.2, 0.25) is 0 Å². The largest absolute Gasteiger partial charge is 0.282 e. The molecule has 0 aromatic heterocycles. The van der Waals surface area contributed by atoms with Crippen LogP contribution >= 0.6 is 0 Å². The number of allylic oxidation sites excluding steroid dienone is 2. The number of hydrazine groups is 1. The minimum atomic E-state index is -0.764. The Morgan fingerprint density at radius 3 is 2.13 bits per heavy atom. The van der Waals surface area contributed by atoms with Crippen LogP contribution < -0.4 is 0 Å². The van der Waals surface area contributed by atoms with E-state index in [0.717, 1.165) is 10.0 Å². The third-order valence-corrected chi connectivity index (χ3v) is 5.47. The first-order chi connectivity index (χ1) is 14.5. The molecule has 1 aliphatic carbocycles. The van der Waals surface area contributed by atoms with Crippen molar-refractivity contribution in [2.45, 2.75) is 19.4 Å². The van der Waals surface area contributed by atoms with E-state index in [4.69, 9.17) is 0 Å². The van der Waals surface area contributed by atoms with Crippen molar-refractivity contribution in [2.24, 2.45) is 11.8 Å². The van der Waals surface area contributed by atoms with Gasteiger partial charge in [0.15, 0.2) is 0 Å². The van der Waals surface area contributed by atoms with Crippen LogP contribution in [0.4, 0.5) is 5.69 Å². The second-order valence-electron chi connectivity index (χ2n) is 7.27. The maximum Gasteiger partial charge on any atom is 0.282 e. The van der Waals surface area contributed by atoms with E-state index in [9.17, 15) is 24.5 Å². The van der Waals surface area contributed by atoms with Crippen molar-refractivity contribution in [3.63, 3.8) is 0 Å². The topological polar surface area (TPSA) is 101 Å². The number of hydrogen-bond acceptors (Lipinski definition) is 5. The number of rotatable bonds is 5. The van der Waals surface area contributed by atoms with Crippen LogP contribution in [0.15, 0.2) is 66.7 Å². The number of imide groups is 1. The van der Waals surface area contributed by atoms with Gasteiger partial charge in [-0.05, 0) is 24.5 Å². The fourth-order valence-corrected chi connectivity index (χ4v) is 3.96. The Morgan fingerprint density at radius 2 is 1.53 bits per heavy atom. The summed E-state index contributed by atoms with van der Waals surface area (Å²) in [6.45, 7) is -0.0595. The minimum absolute atomic E-state index is 0.0595. The molecule has 1 aliphatic heterocycles. The molecular formula is C22H19N3O5. The summed E-state index contributed by atoms with van der Waals surface area (Å²) in [5, 5.41) is 13.4. The van der Waals surface area contributed by atoms with Crippen LogP contribution in [-0.2, 0) is 16.1 Å². The van der Waals surface area contributed by atoms with Gasteiger partial charge in [0.05, 0.1) is 23.3 Å². The quantitative estimate of drug-likeness (QED) is 0.329. The highest BCUT2D eigenvalue weighted by molar-refractivity contribution is 6.08. The van der Waals surface area contributed by atoms with Gasteiger partial charge in [-0.25, -0.2) is 5.01 Å². The van der Waals surface area contributed by atoms with Crippen molar-refractivity contribution < 1.29 is 19.3 Å². The van der Waals surface area contributed by atoms with Gasteiger partial charge in [0.1, 0.15) is 5.56 Å². The molecule has 0 radical (unpaired) electrons. The highest BCUT2D eigenvalue weighted by atomic mass is 16.6. The Balaban J connectivity index is 1.76. The van der Waals surface area contributed by atoms with E-state index < -0.39 is 34.5 Å². The molecular weight excluding hydrogens is 386 g/mol. The first kappa shape index (κ1) is 19.5. The summed E-state index contributed by atoms with van der Waals surface area (Å²) >= 11 is 0. The van der Waals surface area contributed by atoms with Crippen LogP contribution in [0.25, 0.3) is 0 Å². The summed E-state index contributed by atoms with van der Waals surface area (Å²) in [5.41, 5.74) is 0.142. The molecule has 152 valence electrons. The number of benzene rings is 2. The lowest BCUT2D eigenvalue weighted by molar-refractivity contribution is -0.385. The molecule has 0 unspecified atom stereocenters. The Kier molecular flexibility index (Phi) is 5.14. The van der Waals surface area contributed by atoms with Crippen molar-refractivity contribution >= 4 is 23.4 Å². The summed E-state index contributed by atoms with van der Waals surface area (Å²) in [6.07, 6.45) is 4.59. The number of nitro benzene ring substituents is 1. The SMILES string of the molecule is O=C(c1ccccc1[N+](=O)[O-])N(Cc1ccccc1)N1C(=O)[C@@H]2CC=CC[C@H]2C1=O. The average Bonchev–Trinajstić information content (AvgIpc) is 3.03. The zero-order valence-corrected chi connectivity index (χ0v) is 16.0. The van der Waals surface area contributed by atoms with Crippen LogP contribution in [-0.4, -0.2) is 32.7 Å². The van der Waals surface area contributed by atoms with Gasteiger partial charge in [-0.1, -0.05) is 54.6 Å². The number of fused-ring (bicyclic) bond motifs is 1. The van der Waals surface area contributed by atoms with Gasteiger partial charge in [0, 0.05) is 6.07 Å². The first-order valence-electron chi connectivity index (χ1n) is 9.61. The fraction of sp³-hybridized carbons (Fsp3) is 0.227. The average molecular weight is 405 g/mol. The Labute approximate surface area is 172 Å². The number of hydrogen-bond donors (Lipinski definition) is 0. The summed E-state index contributed by atoms with van der Waals surface area (Å²) in [5.74, 6) is -2.69. The summed E-state index contributed by atoms with van der Waals surface area (Å²) in [6, 6.07) is 14.4. The molecule has 0 spiro atoms. The molecule has 1 saturated heterocycles. The van der Waals surface area contributed by atoms with Crippen LogP contribution in [0.1, 0.15) is 28.8 Å². The van der Waals surface area contributed by atoms with Crippen LogP contribution in [0, 0.1) is 22.0 Å². The van der Waals surface area contributed by atoms with E-state index >= 15 is 0 Å². The number of nitrogens with zero attached hydrogens (tertiary/aromatic N) is 3. The van der Waals surface area contributed by atoms with Gasteiger partial charge >= 0.3 is 0 Å². The maximum absolute atomic E-state index is 13.4. The van der Waals surface area contributed by atoms with Crippen LogP contribution in [0.5, 0.6) is 0 Å². The summed E-state index contributed by atoms with van der Waals surface area (Å²) < 4.78 is 0. The molecule has 8 heteroatoms. The van der Waals surface area contributed by atoms with Gasteiger partial charge in [0.25, 0.3) is 23.4 Å². The lowest BCUT2D eigenvalue weighted by Crippen LogP contribution is -2.49. The number of carbonyl (C=O) groups is 3. The standard InChI is InChI=1S/C22H19N3O5/c26-20(18-12-6-7-13-19(18)25(29)30)23(14-15-8-2-1-3-9-15)24-21(27)16-10-4-5-11-17(16)22(24)28/h1-9,12-13,16-17H,10-11,14H2/t16-,17-/m1/s1. The number of carbonyl (C=O) groups excluding carboxylic acids is 3. The van der Waals surface area contributed by atoms with Gasteiger partial charge in [-0.2, -0.15) is 5.01 Å². The fourth-order valence-electron chi connectivity index (χ4n) is 3.96. The van der Waals surface area contributed by atoms with E-state index in [1.54, 1.807) is 24.3 Å². The smallest absolute Gasteiger partial charge is 0.272 e. The monoisotopic (exact) mass is 405 g/mol. The first-order valence-corrected chi connectivity index (χ1v) is 9.61. The van der Waals surface area contributed by atoms with Gasteiger partial charge < -0.3 is 0 Å². The molecule has 8 nitrogen and oxygen atoms in total. The van der Waals surface area contributed by atoms with Crippen molar-refractivity contribution in [3.05, 3.63) is 88.0 Å². The minimum Gasteiger partial charge on any atom is -0.272 e. The number of para-hydroxylation sites is 1. The molecule has 0 saturated carbocycles. The van der Waals surface area contributed by atoms with E-state index in [-0.39, 0.29) is 17.8 Å². The highest BCUT2D eigenvalue weighted by Gasteiger charge is 2.51. The molecule has 3 amide bonds. The second kappa shape index (κ2) is 7.90. The molecule has 4 rings (SSSR count). The van der Waals surface area contributed by atoms with Crippen molar-refractivity contribution in [2.75, 3.05) is 0 Å². The van der Waals surface area contributed by atoms with Gasteiger partial charge in [0.2, 0.25) is 0 Å². The molecule has 2 aliphatic rings. The third-order valence-electron chi connectivity index (χ3n) is 5.47. The Bertz CT molecular complexity index is 1020. The molecule has 0 bridgehead atoms. The zero-order valence-electron chi connectivity index (χ0n) is 16.0. The molecule has 30 heavy (non-hydrogen) atoms. The Hall–Kier alpha value is -3.81. The molecule has 2 atom stereocenters. The summed E-state index contributed by atoms with van der Waals surface area (Å²) in [7, 11) is 0. The van der Waals surface area contributed by atoms with E-state index in [2.05, 4.69) is 0 Å². The lowest BCUT2D eigenvalue weighted by atomic mass is 9.85. The molecule has 2 aromatic carbocycles. The predicted molar refractivity (Wildman–Crippen MR) is 107 cm³/mol. The highest BCUT2D eigenvalue weighted by Crippen LogP contribution is 2.37. The zero-order chi connectivity index (χ0) is 21.3. The maximum atomic E-state index is 13.4. The van der Waals surface area contributed by atoms with Crippen molar-refractivity contribution in [3.8, 4) is 0 Å². The Morgan fingerprint density at radius 1 is 0.967 bits per heavy atom. The lowest BCUT2D eigenvalue weighted by Gasteiger charge is -2.30. The molecule has 1 heterocycles. The normalized spacial score (nSPS) is 20.2. The van der Waals surface area contributed by atoms with E-state index in [0.29, 0.717) is 18.4 Å².